The van der Waals surface area contributed by atoms with Crippen molar-refractivity contribution in [3.05, 3.63) is 59.7 Å². The minimum Gasteiger partial charge on any atom is -0.494 e. The fourth-order valence-corrected chi connectivity index (χ4v) is 11.6. The first-order chi connectivity index (χ1) is 30.0. The van der Waals surface area contributed by atoms with Crippen LogP contribution in [0.25, 0.3) is 0 Å². The van der Waals surface area contributed by atoms with Gasteiger partial charge in [0.25, 0.3) is 0 Å². The molecule has 0 aromatic heterocycles. The predicted molar refractivity (Wildman–Crippen MR) is 248 cm³/mol. The maximum Gasteiger partial charge on any atom is 0.310 e. The molecular weight excluding hydrogens is 757 g/mol. The summed E-state index contributed by atoms with van der Waals surface area (Å²) in [6.07, 6.45) is 32.6. The highest BCUT2D eigenvalue weighted by Crippen LogP contribution is 2.53. The van der Waals surface area contributed by atoms with Crippen LogP contribution in [0.4, 0.5) is 0 Å². The highest BCUT2D eigenvalue weighted by molar-refractivity contribution is 5.83. The third-order valence-electron chi connectivity index (χ3n) is 15.4. The van der Waals surface area contributed by atoms with Crippen molar-refractivity contribution in [2.45, 2.75) is 199 Å². The molecule has 4 saturated carbocycles. The number of carbonyl (C=O) groups excluding carboxylic acids is 2. The van der Waals surface area contributed by atoms with E-state index in [1.165, 1.54) is 114 Å². The molecule has 0 N–H and O–H groups in total. The van der Waals surface area contributed by atoms with E-state index in [0.29, 0.717) is 38.3 Å². The van der Waals surface area contributed by atoms with Gasteiger partial charge in [0.15, 0.2) is 0 Å². The van der Waals surface area contributed by atoms with E-state index in [0.717, 1.165) is 94.0 Å². The molecule has 4 fully saturated rings. The number of benzene rings is 2. The van der Waals surface area contributed by atoms with Crippen LogP contribution in [0.1, 0.15) is 210 Å². The van der Waals surface area contributed by atoms with E-state index in [-0.39, 0.29) is 35.6 Å². The highest BCUT2D eigenvalue weighted by Gasteiger charge is 2.55. The van der Waals surface area contributed by atoms with Gasteiger partial charge in [-0.2, -0.15) is 0 Å². The Hall–Kier alpha value is -3.02. The minimum absolute atomic E-state index is 0.184. The van der Waals surface area contributed by atoms with Crippen LogP contribution in [0.5, 0.6) is 11.5 Å². The van der Waals surface area contributed by atoms with Crippen LogP contribution in [0, 0.1) is 35.5 Å². The van der Waals surface area contributed by atoms with Crippen molar-refractivity contribution in [2.24, 2.45) is 35.5 Å². The quantitative estimate of drug-likeness (QED) is 0.0628. The molecule has 6 heteroatoms. The number of fused-ring (bicyclic) bond motifs is 2. The van der Waals surface area contributed by atoms with Gasteiger partial charge in [-0.05, 0) is 193 Å². The topological polar surface area (TPSA) is 71.1 Å². The van der Waals surface area contributed by atoms with Crippen LogP contribution in [0.2, 0.25) is 0 Å². The zero-order chi connectivity index (χ0) is 42.5. The molecule has 4 atom stereocenters. The van der Waals surface area contributed by atoms with E-state index < -0.39 is 0 Å². The second-order valence-corrected chi connectivity index (χ2v) is 19.8. The van der Waals surface area contributed by atoms with Crippen molar-refractivity contribution in [3.8, 4) is 11.5 Å². The summed E-state index contributed by atoms with van der Waals surface area (Å²) in [7, 11) is 0. The second-order valence-electron chi connectivity index (χ2n) is 19.8. The third kappa shape index (κ3) is 15.3. The smallest absolute Gasteiger partial charge is 0.310 e. The maximum atomic E-state index is 13.3. The van der Waals surface area contributed by atoms with Crippen molar-refractivity contribution >= 4 is 11.9 Å². The lowest BCUT2D eigenvalue weighted by molar-refractivity contribution is -0.163. The first-order valence-corrected chi connectivity index (χ1v) is 25.8. The molecule has 0 radical (unpaired) electrons. The molecule has 0 heterocycles. The summed E-state index contributed by atoms with van der Waals surface area (Å²) in [5.41, 5.74) is 2.95. The lowest BCUT2D eigenvalue weighted by Gasteiger charge is -2.29. The molecule has 2 bridgehead atoms. The fraction of sp³-hybridized carbons (Fsp3) is 0.745. The second kappa shape index (κ2) is 26.6. The van der Waals surface area contributed by atoms with E-state index >= 15 is 0 Å². The molecule has 6 rings (SSSR count). The summed E-state index contributed by atoms with van der Waals surface area (Å²) < 4.78 is 23.7. The Morgan fingerprint density at radius 3 is 1.20 bits per heavy atom. The molecule has 340 valence electrons. The van der Waals surface area contributed by atoms with Crippen LogP contribution < -0.4 is 9.47 Å². The molecule has 0 amide bonds. The fourth-order valence-electron chi connectivity index (χ4n) is 11.6. The van der Waals surface area contributed by atoms with Crippen LogP contribution in [-0.2, 0) is 19.1 Å². The van der Waals surface area contributed by atoms with Crippen molar-refractivity contribution < 1.29 is 28.5 Å². The summed E-state index contributed by atoms with van der Waals surface area (Å²) in [5.74, 6) is 4.70. The van der Waals surface area contributed by atoms with Crippen molar-refractivity contribution in [3.63, 3.8) is 0 Å². The summed E-state index contributed by atoms with van der Waals surface area (Å²) >= 11 is 0. The summed E-state index contributed by atoms with van der Waals surface area (Å²) in [5, 5.41) is 0. The van der Waals surface area contributed by atoms with E-state index in [4.69, 9.17) is 18.9 Å². The summed E-state index contributed by atoms with van der Waals surface area (Å²) in [6.45, 7) is 6.85. The average Bonchev–Trinajstić information content (AvgIpc) is 3.92. The molecule has 0 saturated heterocycles. The number of ether oxygens (including phenoxy) is 4. The highest BCUT2D eigenvalue weighted by atomic mass is 16.5. The van der Waals surface area contributed by atoms with Gasteiger partial charge in [-0.1, -0.05) is 89.5 Å². The van der Waals surface area contributed by atoms with Gasteiger partial charge in [0.2, 0.25) is 0 Å². The van der Waals surface area contributed by atoms with E-state index in [1.807, 2.05) is 0 Å². The minimum atomic E-state index is -0.335. The van der Waals surface area contributed by atoms with Crippen molar-refractivity contribution in [1.29, 1.82) is 0 Å². The van der Waals surface area contributed by atoms with Crippen LogP contribution in [-0.4, -0.2) is 38.4 Å². The Labute approximate surface area is 371 Å². The van der Waals surface area contributed by atoms with E-state index in [2.05, 4.69) is 62.4 Å². The Morgan fingerprint density at radius 1 is 0.443 bits per heavy atom. The summed E-state index contributed by atoms with van der Waals surface area (Å²) in [6, 6.07) is 17.7. The Kier molecular flexibility index (Phi) is 20.7. The normalized spacial score (nSPS) is 25.9. The van der Waals surface area contributed by atoms with Crippen molar-refractivity contribution in [1.82, 2.24) is 0 Å². The van der Waals surface area contributed by atoms with Gasteiger partial charge in [0.1, 0.15) is 11.5 Å². The number of hydrogen-bond donors (Lipinski definition) is 0. The zero-order valence-corrected chi connectivity index (χ0v) is 38.6. The number of unbranched alkanes of at least 4 members (excludes halogenated alkanes) is 10. The van der Waals surface area contributed by atoms with E-state index in [9.17, 15) is 9.59 Å². The molecule has 2 aromatic rings. The first-order valence-electron chi connectivity index (χ1n) is 25.8. The van der Waals surface area contributed by atoms with Crippen molar-refractivity contribution in [2.75, 3.05) is 26.4 Å². The molecule has 0 aliphatic heterocycles. The maximum absolute atomic E-state index is 13.3. The lowest BCUT2D eigenvalue weighted by atomic mass is 9.77. The van der Waals surface area contributed by atoms with Gasteiger partial charge in [-0.25, -0.2) is 0 Å². The molecule has 0 unspecified atom stereocenters. The SMILES string of the molecule is CCCCCC1CCC(c2ccc(OCCCCCCOC(=O)[C@@H]3[C@H]4CC[C@H](C4)[C@@H]3C(=O)OCCCCCCOc3ccc(C4CCC(CCCCC)CC4)cc3)cc2)CC1. The van der Waals surface area contributed by atoms with Gasteiger partial charge < -0.3 is 18.9 Å². The zero-order valence-electron chi connectivity index (χ0n) is 38.6. The Balaban J connectivity index is 0.764. The Morgan fingerprint density at radius 2 is 0.820 bits per heavy atom. The van der Waals surface area contributed by atoms with Gasteiger partial charge in [0, 0.05) is 0 Å². The Bertz CT molecular complexity index is 1390. The van der Waals surface area contributed by atoms with Gasteiger partial charge in [0.05, 0.1) is 38.3 Å². The number of carbonyl (C=O) groups is 2. The largest absolute Gasteiger partial charge is 0.494 e. The van der Waals surface area contributed by atoms with Crippen LogP contribution in [0.15, 0.2) is 48.5 Å². The molecule has 4 aliphatic rings. The summed E-state index contributed by atoms with van der Waals surface area (Å²) in [4.78, 5) is 26.6. The molecule has 2 aromatic carbocycles. The third-order valence-corrected chi connectivity index (χ3v) is 15.4. The standard InChI is InChI=1S/C55H84O6/c1-3-5-11-17-42-19-23-44(24-20-42)46-29-33-50(34-30-46)58-37-13-7-9-15-39-60-54(56)52-48-27-28-49(41-48)53(52)55(57)61-40-16-10-8-14-38-59-51-35-31-47(32-36-51)45-25-21-43(22-26-45)18-12-6-4-2/h29-36,42-45,48-49,52-53H,3-28,37-41H2,1-2H3/t42?,43?,44?,45?,48-,49+,52+,53-. The monoisotopic (exact) mass is 841 g/mol. The van der Waals surface area contributed by atoms with Gasteiger partial charge in [-0.15, -0.1) is 0 Å². The molecule has 61 heavy (non-hydrogen) atoms. The van der Waals surface area contributed by atoms with Crippen LogP contribution >= 0.6 is 0 Å². The van der Waals surface area contributed by atoms with Crippen LogP contribution in [0.3, 0.4) is 0 Å². The first kappa shape index (κ1) is 47.5. The molecular formula is C55H84O6. The predicted octanol–water partition coefficient (Wildman–Crippen LogP) is 14.7. The molecule has 0 spiro atoms. The van der Waals surface area contributed by atoms with E-state index in [1.54, 1.807) is 0 Å². The number of esters is 2. The number of hydrogen-bond acceptors (Lipinski definition) is 6. The lowest BCUT2D eigenvalue weighted by Crippen LogP contribution is -2.37. The molecule has 4 aliphatic carbocycles. The average molecular weight is 841 g/mol. The van der Waals surface area contributed by atoms with Gasteiger partial charge in [-0.3, -0.25) is 9.59 Å². The number of rotatable bonds is 28. The molecule has 6 nitrogen and oxygen atoms in total. The van der Waals surface area contributed by atoms with Gasteiger partial charge >= 0.3 is 11.9 Å².